The molecule has 2 unspecified atom stereocenters. The molecule has 2 aromatic rings. The van der Waals surface area contributed by atoms with Gasteiger partial charge < -0.3 is 4.74 Å². The van der Waals surface area contributed by atoms with Gasteiger partial charge in [-0.15, -0.1) is 0 Å². The van der Waals surface area contributed by atoms with Gasteiger partial charge in [-0.3, -0.25) is 4.90 Å². The second-order valence-electron chi connectivity index (χ2n) is 6.79. The maximum absolute atomic E-state index is 5.29. The van der Waals surface area contributed by atoms with Crippen molar-refractivity contribution >= 4 is 5.57 Å². The van der Waals surface area contributed by atoms with E-state index in [-0.39, 0.29) is 0 Å². The Hall–Kier alpha value is -2.13. The highest BCUT2D eigenvalue weighted by Gasteiger charge is 2.34. The topological polar surface area (TPSA) is 25.4 Å². The van der Waals surface area contributed by atoms with Gasteiger partial charge in [0.1, 0.15) is 0 Å². The van der Waals surface area contributed by atoms with Crippen LogP contribution in [0, 0.1) is 0 Å². The minimum absolute atomic E-state index is 0.548. The van der Waals surface area contributed by atoms with Crippen molar-refractivity contribution in [3.63, 3.8) is 0 Å². The van der Waals surface area contributed by atoms with E-state index in [1.807, 2.05) is 6.20 Å². The third-order valence-corrected chi connectivity index (χ3v) is 5.30. The lowest BCUT2D eigenvalue weighted by atomic mass is 9.82. The molecule has 2 bridgehead atoms. The quantitative estimate of drug-likeness (QED) is 0.840. The lowest BCUT2D eigenvalue weighted by Crippen LogP contribution is -2.47. The van der Waals surface area contributed by atoms with E-state index >= 15 is 0 Å². The summed E-state index contributed by atoms with van der Waals surface area (Å²) in [5.74, 6) is 0.699. The van der Waals surface area contributed by atoms with E-state index in [1.54, 1.807) is 7.11 Å². The summed E-state index contributed by atoms with van der Waals surface area (Å²) >= 11 is 0. The Morgan fingerprint density at radius 3 is 2.83 bits per heavy atom. The van der Waals surface area contributed by atoms with Gasteiger partial charge in [0.2, 0.25) is 5.88 Å². The number of rotatable bonds is 4. The van der Waals surface area contributed by atoms with Gasteiger partial charge in [-0.05, 0) is 42.0 Å². The van der Waals surface area contributed by atoms with Crippen LogP contribution in [0.5, 0.6) is 5.88 Å². The number of hydrogen-bond acceptors (Lipinski definition) is 3. The maximum Gasteiger partial charge on any atom is 0.213 e. The average molecular weight is 320 g/mol. The van der Waals surface area contributed by atoms with Gasteiger partial charge in [0, 0.05) is 30.9 Å². The van der Waals surface area contributed by atoms with E-state index in [2.05, 4.69) is 58.4 Å². The van der Waals surface area contributed by atoms with Crippen molar-refractivity contribution in [2.24, 2.45) is 0 Å². The largest absolute Gasteiger partial charge is 0.481 e. The average Bonchev–Trinajstić information content (AvgIpc) is 2.62. The van der Waals surface area contributed by atoms with Crippen molar-refractivity contribution < 1.29 is 4.74 Å². The second-order valence-corrected chi connectivity index (χ2v) is 6.79. The molecule has 0 saturated carbocycles. The van der Waals surface area contributed by atoms with Crippen molar-refractivity contribution in [1.29, 1.82) is 0 Å². The molecule has 0 amide bonds. The van der Waals surface area contributed by atoms with Crippen LogP contribution in [0.3, 0.4) is 0 Å². The molecule has 0 N–H and O–H groups in total. The molecule has 2 atom stereocenters. The fourth-order valence-corrected chi connectivity index (χ4v) is 4.09. The van der Waals surface area contributed by atoms with Crippen molar-refractivity contribution in [2.45, 2.75) is 44.3 Å². The lowest BCUT2D eigenvalue weighted by molar-refractivity contribution is 0.0951. The summed E-state index contributed by atoms with van der Waals surface area (Å²) in [5, 5.41) is 0. The number of aromatic nitrogens is 1. The molecule has 124 valence electrons. The van der Waals surface area contributed by atoms with Crippen LogP contribution in [0.1, 0.15) is 36.8 Å². The van der Waals surface area contributed by atoms with Crippen LogP contribution in [0.2, 0.25) is 0 Å². The normalized spacial score (nSPS) is 23.6. The summed E-state index contributed by atoms with van der Waals surface area (Å²) in [6.07, 6.45) is 9.34. The van der Waals surface area contributed by atoms with E-state index in [0.29, 0.717) is 18.0 Å². The zero-order valence-electron chi connectivity index (χ0n) is 14.2. The molecule has 2 aliphatic heterocycles. The zero-order chi connectivity index (χ0) is 16.4. The van der Waals surface area contributed by atoms with Crippen molar-refractivity contribution in [3.8, 4) is 5.88 Å². The summed E-state index contributed by atoms with van der Waals surface area (Å²) in [6, 6.07) is 16.2. The predicted molar refractivity (Wildman–Crippen MR) is 96.8 cm³/mol. The van der Waals surface area contributed by atoms with Crippen LogP contribution in [-0.2, 0) is 6.54 Å². The van der Waals surface area contributed by atoms with Crippen molar-refractivity contribution in [1.82, 2.24) is 9.88 Å². The molecule has 0 radical (unpaired) electrons. The summed E-state index contributed by atoms with van der Waals surface area (Å²) in [5.41, 5.74) is 4.13. The number of pyridine rings is 1. The van der Waals surface area contributed by atoms with Gasteiger partial charge in [-0.2, -0.15) is 0 Å². The number of methoxy groups -OCH3 is 1. The Morgan fingerprint density at radius 2 is 2.04 bits per heavy atom. The fraction of sp³-hybridized carbons (Fsp3) is 0.381. The van der Waals surface area contributed by atoms with Crippen LogP contribution >= 0.6 is 0 Å². The third-order valence-electron chi connectivity index (χ3n) is 5.30. The molecule has 1 fully saturated rings. The smallest absolute Gasteiger partial charge is 0.213 e. The minimum Gasteiger partial charge on any atom is -0.481 e. The van der Waals surface area contributed by atoms with Gasteiger partial charge >= 0.3 is 0 Å². The molecule has 1 saturated heterocycles. The number of ether oxygens (including phenoxy) is 1. The van der Waals surface area contributed by atoms with Gasteiger partial charge in [0.25, 0.3) is 0 Å². The van der Waals surface area contributed by atoms with Crippen molar-refractivity contribution in [2.75, 3.05) is 7.11 Å². The van der Waals surface area contributed by atoms with Crippen LogP contribution in [0.4, 0.5) is 0 Å². The molecule has 4 rings (SSSR count). The summed E-state index contributed by atoms with van der Waals surface area (Å²) < 4.78 is 5.29. The van der Waals surface area contributed by atoms with E-state index in [0.717, 1.165) is 13.0 Å². The highest BCUT2D eigenvalue weighted by atomic mass is 16.5. The molecular weight excluding hydrogens is 296 g/mol. The van der Waals surface area contributed by atoms with Crippen molar-refractivity contribution in [3.05, 3.63) is 65.9 Å². The number of benzene rings is 1. The van der Waals surface area contributed by atoms with Gasteiger partial charge in [0.05, 0.1) is 7.11 Å². The Kier molecular flexibility index (Phi) is 4.35. The Labute approximate surface area is 144 Å². The summed E-state index contributed by atoms with van der Waals surface area (Å²) in [7, 11) is 1.68. The highest BCUT2D eigenvalue weighted by molar-refractivity contribution is 5.68. The third kappa shape index (κ3) is 3.09. The number of piperidine rings is 1. The van der Waals surface area contributed by atoms with Crippen LogP contribution in [-0.4, -0.2) is 29.1 Å². The Balaban J connectivity index is 1.59. The Morgan fingerprint density at radius 1 is 1.17 bits per heavy atom. The van der Waals surface area contributed by atoms with Gasteiger partial charge in [-0.1, -0.05) is 42.8 Å². The standard InChI is InChI=1S/C21H24N2O/c1-24-21-14-17(10-11-22-21)18-12-19-8-5-9-20(13-18)23(19)15-16-6-3-2-4-7-16/h2-4,6-7,10-12,14,19-20H,5,8-9,13,15H2,1H3. The number of hydrogen-bond donors (Lipinski definition) is 0. The molecule has 2 aliphatic rings. The first-order chi connectivity index (χ1) is 11.8. The summed E-state index contributed by atoms with van der Waals surface area (Å²) in [6.45, 7) is 1.06. The fourth-order valence-electron chi connectivity index (χ4n) is 4.09. The first-order valence-corrected chi connectivity index (χ1v) is 8.84. The molecule has 3 heteroatoms. The maximum atomic E-state index is 5.29. The Bertz CT molecular complexity index is 726. The minimum atomic E-state index is 0.548. The number of nitrogens with zero attached hydrogens (tertiary/aromatic N) is 2. The highest BCUT2D eigenvalue weighted by Crippen LogP contribution is 2.38. The molecule has 0 aliphatic carbocycles. The molecule has 0 spiro atoms. The monoisotopic (exact) mass is 320 g/mol. The predicted octanol–water partition coefficient (Wildman–Crippen LogP) is 4.30. The van der Waals surface area contributed by atoms with Gasteiger partial charge in [-0.25, -0.2) is 4.98 Å². The van der Waals surface area contributed by atoms with Crippen LogP contribution in [0.15, 0.2) is 54.7 Å². The first-order valence-electron chi connectivity index (χ1n) is 8.84. The second kappa shape index (κ2) is 6.78. The molecule has 3 nitrogen and oxygen atoms in total. The molecule has 1 aromatic carbocycles. The van der Waals surface area contributed by atoms with E-state index in [4.69, 9.17) is 4.74 Å². The van der Waals surface area contributed by atoms with E-state index < -0.39 is 0 Å². The lowest BCUT2D eigenvalue weighted by Gasteiger charge is -2.45. The van der Waals surface area contributed by atoms with Gasteiger partial charge in [0.15, 0.2) is 0 Å². The summed E-state index contributed by atoms with van der Waals surface area (Å²) in [4.78, 5) is 6.93. The number of fused-ring (bicyclic) bond motifs is 2. The molecule has 24 heavy (non-hydrogen) atoms. The SMILES string of the molecule is COc1cc(C2=CC3CCCC(C2)N3Cc2ccccc2)ccn1. The first kappa shape index (κ1) is 15.4. The molecule has 1 aromatic heterocycles. The van der Waals surface area contributed by atoms with E-state index in [1.165, 1.54) is 36.0 Å². The molecule has 3 heterocycles. The molecular formula is C21H24N2O. The zero-order valence-corrected chi connectivity index (χ0v) is 14.2. The van der Waals surface area contributed by atoms with Crippen LogP contribution in [0.25, 0.3) is 5.57 Å². The van der Waals surface area contributed by atoms with Crippen LogP contribution < -0.4 is 4.74 Å². The van der Waals surface area contributed by atoms with E-state index in [9.17, 15) is 0 Å².